The van der Waals surface area contributed by atoms with Crippen LogP contribution in [-0.4, -0.2) is 51.6 Å². The number of H-pyrrole nitrogens is 1. The van der Waals surface area contributed by atoms with Gasteiger partial charge >= 0.3 is 5.97 Å². The molecule has 0 saturated heterocycles. The standard InChI is InChI=1S/C11H15N3O4/c1-18-3-2-10(15)14-5-8-7(12-6-13-8)4-9(14)11(16)17/h6,9H,2-5H2,1H3,(H,12,13)(H,16,17). The van der Waals surface area contributed by atoms with Gasteiger partial charge in [0, 0.05) is 13.5 Å². The number of aromatic amines is 1. The van der Waals surface area contributed by atoms with Gasteiger partial charge in [0.2, 0.25) is 5.91 Å². The number of carboxylic acid groups (broad SMARTS) is 1. The average Bonchev–Trinajstić information content (AvgIpc) is 2.81. The van der Waals surface area contributed by atoms with Crippen molar-refractivity contribution in [3.63, 3.8) is 0 Å². The number of fused-ring (bicyclic) bond motifs is 1. The molecule has 98 valence electrons. The van der Waals surface area contributed by atoms with E-state index in [1.54, 1.807) is 0 Å². The van der Waals surface area contributed by atoms with Gasteiger partial charge in [-0.05, 0) is 0 Å². The molecule has 7 heteroatoms. The van der Waals surface area contributed by atoms with Crippen molar-refractivity contribution in [3.8, 4) is 0 Å². The van der Waals surface area contributed by atoms with E-state index in [1.165, 1.54) is 18.3 Å². The molecule has 1 amide bonds. The number of carbonyl (C=O) groups is 2. The van der Waals surface area contributed by atoms with Gasteiger partial charge < -0.3 is 19.7 Å². The number of methoxy groups -OCH3 is 1. The molecule has 0 aliphatic carbocycles. The van der Waals surface area contributed by atoms with Crippen molar-refractivity contribution >= 4 is 11.9 Å². The highest BCUT2D eigenvalue weighted by molar-refractivity contribution is 5.84. The van der Waals surface area contributed by atoms with Gasteiger partial charge in [-0.3, -0.25) is 4.79 Å². The summed E-state index contributed by atoms with van der Waals surface area (Å²) < 4.78 is 4.84. The van der Waals surface area contributed by atoms with Crippen LogP contribution in [0.1, 0.15) is 17.8 Å². The molecule has 1 aromatic rings. The van der Waals surface area contributed by atoms with E-state index in [1.807, 2.05) is 0 Å². The highest BCUT2D eigenvalue weighted by Crippen LogP contribution is 2.21. The molecule has 1 unspecified atom stereocenters. The van der Waals surface area contributed by atoms with E-state index in [0.717, 1.165) is 11.4 Å². The minimum Gasteiger partial charge on any atom is -0.480 e. The Morgan fingerprint density at radius 3 is 3.11 bits per heavy atom. The molecular weight excluding hydrogens is 238 g/mol. The van der Waals surface area contributed by atoms with Gasteiger partial charge in [0.25, 0.3) is 0 Å². The summed E-state index contributed by atoms with van der Waals surface area (Å²) in [4.78, 5) is 31.5. The molecule has 2 N–H and O–H groups in total. The molecule has 0 fully saturated rings. The molecule has 18 heavy (non-hydrogen) atoms. The molecule has 1 aliphatic heterocycles. The van der Waals surface area contributed by atoms with Crippen molar-refractivity contribution in [2.24, 2.45) is 0 Å². The van der Waals surface area contributed by atoms with Gasteiger partial charge in [-0.25, -0.2) is 9.78 Å². The Balaban J connectivity index is 2.17. The van der Waals surface area contributed by atoms with Crippen molar-refractivity contribution in [1.82, 2.24) is 14.9 Å². The van der Waals surface area contributed by atoms with Crippen LogP contribution in [0.5, 0.6) is 0 Å². The Morgan fingerprint density at radius 1 is 1.67 bits per heavy atom. The van der Waals surface area contributed by atoms with Crippen LogP contribution in [0, 0.1) is 0 Å². The highest BCUT2D eigenvalue weighted by atomic mass is 16.5. The fourth-order valence-corrected chi connectivity index (χ4v) is 2.05. The fraction of sp³-hybridized carbons (Fsp3) is 0.545. The molecule has 7 nitrogen and oxygen atoms in total. The molecule has 0 spiro atoms. The first-order chi connectivity index (χ1) is 8.63. The number of rotatable bonds is 4. The molecule has 2 rings (SSSR count). The number of aliphatic carboxylic acids is 1. The van der Waals surface area contributed by atoms with Gasteiger partial charge in [-0.2, -0.15) is 0 Å². The Morgan fingerprint density at radius 2 is 2.44 bits per heavy atom. The van der Waals surface area contributed by atoms with E-state index in [9.17, 15) is 14.7 Å². The van der Waals surface area contributed by atoms with Crippen LogP contribution in [0.15, 0.2) is 6.33 Å². The van der Waals surface area contributed by atoms with E-state index < -0.39 is 12.0 Å². The Kier molecular flexibility index (Phi) is 3.61. The average molecular weight is 253 g/mol. The van der Waals surface area contributed by atoms with E-state index in [0.29, 0.717) is 0 Å². The van der Waals surface area contributed by atoms with Crippen molar-refractivity contribution in [3.05, 3.63) is 17.7 Å². The molecule has 0 aromatic carbocycles. The van der Waals surface area contributed by atoms with Crippen LogP contribution in [0.3, 0.4) is 0 Å². The number of nitrogens with zero attached hydrogens (tertiary/aromatic N) is 2. The second-order valence-electron chi connectivity index (χ2n) is 4.15. The van der Waals surface area contributed by atoms with Crippen LogP contribution in [0.2, 0.25) is 0 Å². The van der Waals surface area contributed by atoms with Crippen molar-refractivity contribution in [1.29, 1.82) is 0 Å². The lowest BCUT2D eigenvalue weighted by atomic mass is 10.0. The lowest BCUT2D eigenvalue weighted by Crippen LogP contribution is -2.48. The molecule has 1 atom stereocenters. The first-order valence-corrected chi connectivity index (χ1v) is 5.65. The molecular formula is C11H15N3O4. The summed E-state index contributed by atoms with van der Waals surface area (Å²) in [7, 11) is 1.51. The van der Waals surface area contributed by atoms with Gasteiger partial charge in [0.05, 0.1) is 37.3 Å². The summed E-state index contributed by atoms with van der Waals surface area (Å²) in [6.45, 7) is 0.548. The quantitative estimate of drug-likeness (QED) is 0.773. The third-order valence-electron chi connectivity index (χ3n) is 3.02. The van der Waals surface area contributed by atoms with E-state index in [-0.39, 0.29) is 31.9 Å². The number of ether oxygens (including phenoxy) is 1. The van der Waals surface area contributed by atoms with E-state index in [4.69, 9.17) is 4.74 Å². The van der Waals surface area contributed by atoms with Crippen LogP contribution >= 0.6 is 0 Å². The summed E-state index contributed by atoms with van der Waals surface area (Å²) >= 11 is 0. The minimum atomic E-state index is -1.01. The van der Waals surface area contributed by atoms with Crippen LogP contribution in [0.25, 0.3) is 0 Å². The number of amides is 1. The summed E-state index contributed by atoms with van der Waals surface area (Å²) in [6.07, 6.45) is 1.95. The lowest BCUT2D eigenvalue weighted by molar-refractivity contribution is -0.151. The maximum Gasteiger partial charge on any atom is 0.326 e. The second kappa shape index (κ2) is 5.18. The maximum atomic E-state index is 12.0. The summed E-state index contributed by atoms with van der Waals surface area (Å²) in [5.41, 5.74) is 1.52. The molecule has 2 heterocycles. The second-order valence-corrected chi connectivity index (χ2v) is 4.15. The molecule has 0 saturated carbocycles. The Labute approximate surface area is 104 Å². The molecule has 0 bridgehead atoms. The number of hydrogen-bond acceptors (Lipinski definition) is 4. The molecule has 0 radical (unpaired) electrons. The zero-order chi connectivity index (χ0) is 13.1. The SMILES string of the molecule is COCCC(=O)N1Cc2[nH]cnc2CC1C(=O)O. The number of carboxylic acids is 1. The normalized spacial score (nSPS) is 18.5. The van der Waals surface area contributed by atoms with Gasteiger partial charge in [-0.15, -0.1) is 0 Å². The number of carbonyl (C=O) groups excluding carboxylic acids is 1. The van der Waals surface area contributed by atoms with E-state index in [2.05, 4.69) is 9.97 Å². The topological polar surface area (TPSA) is 95.5 Å². The monoisotopic (exact) mass is 253 g/mol. The maximum absolute atomic E-state index is 12.0. The third-order valence-corrected chi connectivity index (χ3v) is 3.02. The van der Waals surface area contributed by atoms with Gasteiger partial charge in [0.15, 0.2) is 0 Å². The minimum absolute atomic E-state index is 0.184. The fourth-order valence-electron chi connectivity index (χ4n) is 2.05. The number of imidazole rings is 1. The predicted octanol–water partition coefficient (Wildman–Crippen LogP) is -0.216. The predicted molar refractivity (Wildman–Crippen MR) is 60.8 cm³/mol. The highest BCUT2D eigenvalue weighted by Gasteiger charge is 2.35. The third kappa shape index (κ3) is 2.35. The van der Waals surface area contributed by atoms with Gasteiger partial charge in [-0.1, -0.05) is 0 Å². The number of nitrogens with one attached hydrogen (secondary N) is 1. The Hall–Kier alpha value is -1.89. The van der Waals surface area contributed by atoms with Gasteiger partial charge in [0.1, 0.15) is 6.04 Å². The first kappa shape index (κ1) is 12.6. The van der Waals surface area contributed by atoms with E-state index >= 15 is 0 Å². The van der Waals surface area contributed by atoms with Crippen molar-refractivity contribution in [2.45, 2.75) is 25.4 Å². The van der Waals surface area contributed by atoms with Crippen molar-refractivity contribution in [2.75, 3.05) is 13.7 Å². The zero-order valence-electron chi connectivity index (χ0n) is 10.0. The smallest absolute Gasteiger partial charge is 0.326 e. The molecule has 1 aliphatic rings. The zero-order valence-corrected chi connectivity index (χ0v) is 10.0. The summed E-state index contributed by atoms with van der Waals surface area (Å²) in [5.74, 6) is -1.22. The number of aromatic nitrogens is 2. The summed E-state index contributed by atoms with van der Waals surface area (Å²) in [5, 5.41) is 9.18. The van der Waals surface area contributed by atoms with Crippen LogP contribution in [-0.2, 0) is 27.3 Å². The summed E-state index contributed by atoms with van der Waals surface area (Å²) in [6, 6.07) is -0.842. The van der Waals surface area contributed by atoms with Crippen molar-refractivity contribution < 1.29 is 19.4 Å². The largest absolute Gasteiger partial charge is 0.480 e. The Bertz CT molecular complexity index is 457. The lowest BCUT2D eigenvalue weighted by Gasteiger charge is -2.32. The first-order valence-electron chi connectivity index (χ1n) is 5.65. The van der Waals surface area contributed by atoms with Crippen LogP contribution < -0.4 is 0 Å². The molecule has 1 aromatic heterocycles. The van der Waals surface area contributed by atoms with Crippen LogP contribution in [0.4, 0.5) is 0 Å². The number of hydrogen-bond donors (Lipinski definition) is 2.